The van der Waals surface area contributed by atoms with Crippen molar-refractivity contribution in [1.82, 2.24) is 5.32 Å². The maximum absolute atomic E-state index is 10.2. The Morgan fingerprint density at radius 2 is 1.88 bits per heavy atom. The van der Waals surface area contributed by atoms with Crippen LogP contribution in [0, 0.1) is 0 Å². The third kappa shape index (κ3) is 6.16. The number of rotatable bonds is 2. The first-order chi connectivity index (χ1) is 7.79. The van der Waals surface area contributed by atoms with Crippen LogP contribution >= 0.6 is 0 Å². The molecule has 0 spiro atoms. The van der Waals surface area contributed by atoms with Gasteiger partial charge in [-0.3, -0.25) is 4.79 Å². The zero-order valence-corrected chi connectivity index (χ0v) is 9.19. The van der Waals surface area contributed by atoms with E-state index in [9.17, 15) is 4.79 Å². The standard InChI is InChI=1S/C8H8O2.C4H9NO/c9-8(10)6-7-4-2-1-3-5-7;1-3-6-4-2-5-1/h1-5H,6H2,(H,9,10);5H,1-4H2. The smallest absolute Gasteiger partial charge is 0.307 e. The van der Waals surface area contributed by atoms with Gasteiger partial charge in [0.25, 0.3) is 0 Å². The number of hydrogen-bond acceptors (Lipinski definition) is 3. The maximum atomic E-state index is 10.2. The Labute approximate surface area is 95.2 Å². The molecule has 0 aromatic heterocycles. The predicted molar refractivity (Wildman–Crippen MR) is 61.5 cm³/mol. The molecule has 0 saturated carbocycles. The van der Waals surface area contributed by atoms with Crippen molar-refractivity contribution < 1.29 is 14.6 Å². The van der Waals surface area contributed by atoms with E-state index >= 15 is 0 Å². The molecule has 0 radical (unpaired) electrons. The molecule has 1 aliphatic heterocycles. The monoisotopic (exact) mass is 223 g/mol. The quantitative estimate of drug-likeness (QED) is 0.782. The summed E-state index contributed by atoms with van der Waals surface area (Å²) in [7, 11) is 0. The number of morpholine rings is 1. The zero-order chi connectivity index (χ0) is 11.6. The molecule has 2 rings (SSSR count). The summed E-state index contributed by atoms with van der Waals surface area (Å²) >= 11 is 0. The number of carbonyl (C=O) groups is 1. The number of aliphatic carboxylic acids is 1. The molecule has 4 nitrogen and oxygen atoms in total. The van der Waals surface area contributed by atoms with Crippen LogP contribution in [0.5, 0.6) is 0 Å². The van der Waals surface area contributed by atoms with E-state index in [0.717, 1.165) is 31.9 Å². The second-order valence-corrected chi connectivity index (χ2v) is 3.42. The van der Waals surface area contributed by atoms with Crippen molar-refractivity contribution in [3.63, 3.8) is 0 Å². The largest absolute Gasteiger partial charge is 0.481 e. The molecule has 1 heterocycles. The molecule has 0 atom stereocenters. The lowest BCUT2D eigenvalue weighted by atomic mass is 10.2. The zero-order valence-electron chi connectivity index (χ0n) is 9.19. The number of carboxylic acids is 1. The van der Waals surface area contributed by atoms with Gasteiger partial charge in [-0.2, -0.15) is 0 Å². The summed E-state index contributed by atoms with van der Waals surface area (Å²) in [5, 5.41) is 11.5. The molecule has 0 amide bonds. The molecule has 0 aliphatic carbocycles. The Morgan fingerprint density at radius 1 is 1.25 bits per heavy atom. The van der Waals surface area contributed by atoms with Gasteiger partial charge in [0, 0.05) is 13.1 Å². The van der Waals surface area contributed by atoms with Crippen molar-refractivity contribution in [1.29, 1.82) is 0 Å². The lowest BCUT2D eigenvalue weighted by molar-refractivity contribution is -0.136. The maximum Gasteiger partial charge on any atom is 0.307 e. The molecule has 16 heavy (non-hydrogen) atoms. The lowest BCUT2D eigenvalue weighted by Gasteiger charge is -2.10. The molecule has 2 N–H and O–H groups in total. The fourth-order valence-corrected chi connectivity index (χ4v) is 1.29. The normalized spacial score (nSPS) is 14.8. The van der Waals surface area contributed by atoms with Crippen LogP contribution in [0.4, 0.5) is 0 Å². The van der Waals surface area contributed by atoms with Crippen LogP contribution in [0.2, 0.25) is 0 Å². The molecule has 1 aliphatic rings. The van der Waals surface area contributed by atoms with Crippen LogP contribution in [-0.2, 0) is 16.0 Å². The Kier molecular flexibility index (Phi) is 6.22. The topological polar surface area (TPSA) is 58.6 Å². The number of hydrogen-bond donors (Lipinski definition) is 2. The van der Waals surface area contributed by atoms with E-state index in [4.69, 9.17) is 9.84 Å². The third-order valence-corrected chi connectivity index (χ3v) is 2.04. The summed E-state index contributed by atoms with van der Waals surface area (Å²) in [5.74, 6) is -0.786. The summed E-state index contributed by atoms with van der Waals surface area (Å²) in [4.78, 5) is 10.2. The molecular formula is C12H17NO3. The van der Waals surface area contributed by atoms with Gasteiger partial charge in [0.15, 0.2) is 0 Å². The van der Waals surface area contributed by atoms with Gasteiger partial charge in [-0.15, -0.1) is 0 Å². The molecular weight excluding hydrogens is 206 g/mol. The van der Waals surface area contributed by atoms with Crippen LogP contribution in [0.3, 0.4) is 0 Å². The van der Waals surface area contributed by atoms with Gasteiger partial charge in [-0.05, 0) is 5.56 Å². The van der Waals surface area contributed by atoms with Crippen molar-refractivity contribution in [2.75, 3.05) is 26.3 Å². The average molecular weight is 223 g/mol. The van der Waals surface area contributed by atoms with E-state index in [2.05, 4.69) is 5.32 Å². The van der Waals surface area contributed by atoms with E-state index in [1.54, 1.807) is 12.1 Å². The number of ether oxygens (including phenoxy) is 1. The fraction of sp³-hybridized carbons (Fsp3) is 0.417. The summed E-state index contributed by atoms with van der Waals surface area (Å²) < 4.78 is 5.01. The first-order valence-electron chi connectivity index (χ1n) is 5.33. The Balaban J connectivity index is 0.000000181. The van der Waals surface area contributed by atoms with Gasteiger partial charge < -0.3 is 15.2 Å². The van der Waals surface area contributed by atoms with Gasteiger partial charge in [0.2, 0.25) is 0 Å². The molecule has 88 valence electrons. The number of carboxylic acid groups (broad SMARTS) is 1. The third-order valence-electron chi connectivity index (χ3n) is 2.04. The van der Waals surface area contributed by atoms with E-state index in [-0.39, 0.29) is 6.42 Å². The van der Waals surface area contributed by atoms with E-state index in [1.165, 1.54) is 0 Å². The van der Waals surface area contributed by atoms with Gasteiger partial charge in [-0.1, -0.05) is 30.3 Å². The van der Waals surface area contributed by atoms with Crippen molar-refractivity contribution in [2.24, 2.45) is 0 Å². The second kappa shape index (κ2) is 7.84. The Morgan fingerprint density at radius 3 is 2.25 bits per heavy atom. The minimum Gasteiger partial charge on any atom is -0.481 e. The van der Waals surface area contributed by atoms with E-state index in [1.807, 2.05) is 18.2 Å². The van der Waals surface area contributed by atoms with Crippen LogP contribution < -0.4 is 5.32 Å². The minimum atomic E-state index is -0.786. The SMILES string of the molecule is C1COCCN1.O=C(O)Cc1ccccc1. The van der Waals surface area contributed by atoms with Crippen molar-refractivity contribution in [3.05, 3.63) is 35.9 Å². The first kappa shape index (κ1) is 12.7. The van der Waals surface area contributed by atoms with Crippen molar-refractivity contribution >= 4 is 5.97 Å². The average Bonchev–Trinajstić information content (AvgIpc) is 2.32. The van der Waals surface area contributed by atoms with Crippen LogP contribution in [0.15, 0.2) is 30.3 Å². The molecule has 1 aromatic carbocycles. The van der Waals surface area contributed by atoms with E-state index in [0.29, 0.717) is 0 Å². The first-order valence-corrected chi connectivity index (χ1v) is 5.33. The highest BCUT2D eigenvalue weighted by atomic mass is 16.5. The summed E-state index contributed by atoms with van der Waals surface area (Å²) in [6, 6.07) is 9.13. The molecule has 1 fully saturated rings. The van der Waals surface area contributed by atoms with Crippen LogP contribution in [0.1, 0.15) is 5.56 Å². The van der Waals surface area contributed by atoms with Gasteiger partial charge >= 0.3 is 5.97 Å². The van der Waals surface area contributed by atoms with Crippen LogP contribution in [-0.4, -0.2) is 37.4 Å². The Bertz CT molecular complexity index is 285. The second-order valence-electron chi connectivity index (χ2n) is 3.42. The predicted octanol–water partition coefficient (Wildman–Crippen LogP) is 0.920. The molecule has 4 heteroatoms. The highest BCUT2D eigenvalue weighted by Gasteiger charge is 1.96. The molecule has 0 unspecified atom stereocenters. The van der Waals surface area contributed by atoms with Gasteiger partial charge in [-0.25, -0.2) is 0 Å². The molecule has 0 bridgehead atoms. The summed E-state index contributed by atoms with van der Waals surface area (Å²) in [6.07, 6.45) is 0.112. The summed E-state index contributed by atoms with van der Waals surface area (Å²) in [5.41, 5.74) is 0.843. The molecule has 1 aromatic rings. The van der Waals surface area contributed by atoms with Gasteiger partial charge in [0.1, 0.15) is 0 Å². The van der Waals surface area contributed by atoms with Crippen molar-refractivity contribution in [3.8, 4) is 0 Å². The number of benzene rings is 1. The van der Waals surface area contributed by atoms with Crippen molar-refractivity contribution in [2.45, 2.75) is 6.42 Å². The van der Waals surface area contributed by atoms with Crippen LogP contribution in [0.25, 0.3) is 0 Å². The van der Waals surface area contributed by atoms with Gasteiger partial charge in [0.05, 0.1) is 19.6 Å². The fourth-order valence-electron chi connectivity index (χ4n) is 1.29. The lowest BCUT2D eigenvalue weighted by Crippen LogP contribution is -2.30. The molecule has 1 saturated heterocycles. The number of nitrogens with one attached hydrogen (secondary N) is 1. The van der Waals surface area contributed by atoms with E-state index < -0.39 is 5.97 Å². The highest BCUT2D eigenvalue weighted by molar-refractivity contribution is 5.70. The highest BCUT2D eigenvalue weighted by Crippen LogP contribution is 1.98. The minimum absolute atomic E-state index is 0.112. The Hall–Kier alpha value is -1.39. The summed E-state index contributed by atoms with van der Waals surface area (Å²) in [6.45, 7) is 3.83.